The Hall–Kier alpha value is -3.24. The number of methoxy groups -OCH3 is 1. The Morgan fingerprint density at radius 2 is 1.93 bits per heavy atom. The van der Waals surface area contributed by atoms with Gasteiger partial charge in [-0.25, -0.2) is 4.79 Å². The van der Waals surface area contributed by atoms with Crippen LogP contribution in [0.15, 0.2) is 48.5 Å². The summed E-state index contributed by atoms with van der Waals surface area (Å²) in [6, 6.07) is 16.2. The highest BCUT2D eigenvalue weighted by Crippen LogP contribution is 2.22. The van der Waals surface area contributed by atoms with E-state index < -0.39 is 0 Å². The van der Waals surface area contributed by atoms with E-state index in [1.165, 1.54) is 0 Å². The SMILES string of the molecule is COc1cccc(C(CNC(=O)Nc2ccc(OCC#N)cc2)N(C)C)c1. The van der Waals surface area contributed by atoms with Crippen LogP contribution in [0.4, 0.5) is 10.5 Å². The average Bonchev–Trinajstić information content (AvgIpc) is 2.67. The first-order valence-corrected chi connectivity index (χ1v) is 8.48. The van der Waals surface area contributed by atoms with Crippen molar-refractivity contribution in [2.75, 3.05) is 39.7 Å². The zero-order chi connectivity index (χ0) is 19.6. The van der Waals surface area contributed by atoms with Gasteiger partial charge in [-0.15, -0.1) is 0 Å². The number of carbonyl (C=O) groups excluding carboxylic acids is 1. The van der Waals surface area contributed by atoms with E-state index >= 15 is 0 Å². The largest absolute Gasteiger partial charge is 0.497 e. The molecule has 0 heterocycles. The summed E-state index contributed by atoms with van der Waals surface area (Å²) < 4.78 is 10.5. The molecule has 2 rings (SSSR count). The van der Waals surface area contributed by atoms with Gasteiger partial charge >= 0.3 is 6.03 Å². The molecule has 0 saturated carbocycles. The molecule has 7 nitrogen and oxygen atoms in total. The topological polar surface area (TPSA) is 86.6 Å². The Kier molecular flexibility index (Phi) is 7.47. The maximum atomic E-state index is 12.2. The number of anilines is 1. The molecular weight excluding hydrogens is 344 g/mol. The van der Waals surface area contributed by atoms with Gasteiger partial charge in [-0.3, -0.25) is 0 Å². The molecule has 0 spiro atoms. The minimum absolute atomic E-state index is 0.00704. The third-order valence-corrected chi connectivity index (χ3v) is 3.97. The number of nitrogens with one attached hydrogen (secondary N) is 2. The normalized spacial score (nSPS) is 11.4. The summed E-state index contributed by atoms with van der Waals surface area (Å²) in [7, 11) is 5.56. The van der Waals surface area contributed by atoms with E-state index in [0.717, 1.165) is 11.3 Å². The molecule has 0 aromatic heterocycles. The minimum atomic E-state index is -0.296. The Bertz CT molecular complexity index is 785. The highest BCUT2D eigenvalue weighted by Gasteiger charge is 2.16. The average molecular weight is 368 g/mol. The lowest BCUT2D eigenvalue weighted by Gasteiger charge is -2.25. The summed E-state index contributed by atoms with van der Waals surface area (Å²) in [5.41, 5.74) is 1.69. The van der Waals surface area contributed by atoms with Crippen molar-refractivity contribution in [2.45, 2.75) is 6.04 Å². The second-order valence-corrected chi connectivity index (χ2v) is 6.06. The van der Waals surface area contributed by atoms with Crippen LogP contribution >= 0.6 is 0 Å². The first-order chi connectivity index (χ1) is 13.0. The highest BCUT2D eigenvalue weighted by atomic mass is 16.5. The van der Waals surface area contributed by atoms with Gasteiger partial charge in [0.25, 0.3) is 0 Å². The fraction of sp³-hybridized carbons (Fsp3) is 0.300. The van der Waals surface area contributed by atoms with Gasteiger partial charge in [0.15, 0.2) is 6.61 Å². The van der Waals surface area contributed by atoms with Crippen molar-refractivity contribution >= 4 is 11.7 Å². The number of carbonyl (C=O) groups is 1. The molecule has 0 saturated heterocycles. The fourth-order valence-corrected chi connectivity index (χ4v) is 2.56. The van der Waals surface area contributed by atoms with Crippen LogP contribution in [0.25, 0.3) is 0 Å². The molecule has 0 radical (unpaired) electrons. The third-order valence-electron chi connectivity index (χ3n) is 3.97. The summed E-state index contributed by atoms with van der Waals surface area (Å²) in [6.07, 6.45) is 0. The molecule has 0 fully saturated rings. The van der Waals surface area contributed by atoms with Gasteiger partial charge < -0.3 is 25.0 Å². The molecule has 1 unspecified atom stereocenters. The van der Waals surface area contributed by atoms with Crippen LogP contribution in [0, 0.1) is 11.3 Å². The monoisotopic (exact) mass is 368 g/mol. The molecule has 1 atom stereocenters. The second kappa shape index (κ2) is 10.0. The number of rotatable bonds is 8. The number of nitrogens with zero attached hydrogens (tertiary/aromatic N) is 2. The lowest BCUT2D eigenvalue weighted by molar-refractivity contribution is 0.243. The summed E-state index contributed by atoms with van der Waals surface area (Å²) in [4.78, 5) is 14.2. The summed E-state index contributed by atoms with van der Waals surface area (Å²) in [5, 5.41) is 14.2. The Morgan fingerprint density at radius 3 is 2.56 bits per heavy atom. The van der Waals surface area contributed by atoms with Crippen molar-refractivity contribution in [2.24, 2.45) is 0 Å². The van der Waals surface area contributed by atoms with Gasteiger partial charge in [-0.05, 0) is 56.1 Å². The molecule has 7 heteroatoms. The summed E-state index contributed by atoms with van der Waals surface area (Å²) in [6.45, 7) is 0.429. The van der Waals surface area contributed by atoms with Crippen molar-refractivity contribution in [3.8, 4) is 17.6 Å². The lowest BCUT2D eigenvalue weighted by Crippen LogP contribution is -2.36. The van der Waals surface area contributed by atoms with Crippen LogP contribution in [0.1, 0.15) is 11.6 Å². The van der Waals surface area contributed by atoms with E-state index in [9.17, 15) is 4.79 Å². The number of likely N-dealkylation sites (N-methyl/N-ethyl adjacent to an activating group) is 1. The van der Waals surface area contributed by atoms with Crippen molar-refractivity contribution < 1.29 is 14.3 Å². The van der Waals surface area contributed by atoms with Gasteiger partial charge in [0.05, 0.1) is 13.2 Å². The van der Waals surface area contributed by atoms with Crippen LogP contribution in [-0.4, -0.2) is 45.3 Å². The van der Waals surface area contributed by atoms with Gasteiger partial charge in [0.1, 0.15) is 17.6 Å². The first kappa shape index (κ1) is 20.1. The number of benzene rings is 2. The van der Waals surface area contributed by atoms with Gasteiger partial charge in [0, 0.05) is 12.2 Å². The standard InChI is InChI=1S/C20H24N4O3/c1-24(2)19(15-5-4-6-18(13-15)26-3)14-22-20(25)23-16-7-9-17(10-8-16)27-12-11-21/h4-10,13,19H,12,14H2,1-3H3,(H2,22,23,25). The lowest BCUT2D eigenvalue weighted by atomic mass is 10.1. The number of ether oxygens (including phenoxy) is 2. The van der Waals surface area contributed by atoms with E-state index in [0.29, 0.717) is 18.0 Å². The molecule has 27 heavy (non-hydrogen) atoms. The van der Waals surface area contributed by atoms with Crippen LogP contribution in [0.2, 0.25) is 0 Å². The number of amides is 2. The van der Waals surface area contributed by atoms with Crippen molar-refractivity contribution in [1.29, 1.82) is 5.26 Å². The number of hydrogen-bond acceptors (Lipinski definition) is 5. The maximum Gasteiger partial charge on any atom is 0.319 e. The first-order valence-electron chi connectivity index (χ1n) is 8.48. The molecule has 2 aromatic rings. The molecule has 2 N–H and O–H groups in total. The van der Waals surface area contributed by atoms with Crippen LogP contribution in [0.3, 0.4) is 0 Å². The smallest absolute Gasteiger partial charge is 0.319 e. The van der Waals surface area contributed by atoms with Gasteiger partial charge in [-0.1, -0.05) is 12.1 Å². The Morgan fingerprint density at radius 1 is 1.19 bits per heavy atom. The Balaban J connectivity index is 1.93. The second-order valence-electron chi connectivity index (χ2n) is 6.06. The van der Waals surface area contributed by atoms with Crippen LogP contribution in [-0.2, 0) is 0 Å². The zero-order valence-corrected chi connectivity index (χ0v) is 15.7. The maximum absolute atomic E-state index is 12.2. The van der Waals surface area contributed by atoms with E-state index in [-0.39, 0.29) is 18.7 Å². The fourth-order valence-electron chi connectivity index (χ4n) is 2.56. The minimum Gasteiger partial charge on any atom is -0.497 e. The Labute approximate surface area is 159 Å². The predicted octanol–water partition coefficient (Wildman–Crippen LogP) is 3.02. The van der Waals surface area contributed by atoms with E-state index in [1.807, 2.05) is 49.3 Å². The summed E-state index contributed by atoms with van der Waals surface area (Å²) >= 11 is 0. The van der Waals surface area contributed by atoms with E-state index in [4.69, 9.17) is 14.7 Å². The molecule has 0 bridgehead atoms. The molecule has 2 amide bonds. The molecule has 2 aromatic carbocycles. The van der Waals surface area contributed by atoms with Crippen LogP contribution in [0.5, 0.6) is 11.5 Å². The quantitative estimate of drug-likeness (QED) is 0.748. The van der Waals surface area contributed by atoms with E-state index in [2.05, 4.69) is 10.6 Å². The number of urea groups is 1. The van der Waals surface area contributed by atoms with Gasteiger partial charge in [-0.2, -0.15) is 5.26 Å². The van der Waals surface area contributed by atoms with E-state index in [1.54, 1.807) is 31.4 Å². The number of nitriles is 1. The summed E-state index contributed by atoms with van der Waals surface area (Å²) in [5.74, 6) is 1.36. The van der Waals surface area contributed by atoms with Gasteiger partial charge in [0.2, 0.25) is 0 Å². The highest BCUT2D eigenvalue weighted by molar-refractivity contribution is 5.89. The molecule has 0 aliphatic carbocycles. The molecule has 142 valence electrons. The third kappa shape index (κ3) is 6.20. The zero-order valence-electron chi connectivity index (χ0n) is 15.7. The van der Waals surface area contributed by atoms with Crippen LogP contribution < -0.4 is 20.1 Å². The molecule has 0 aliphatic heterocycles. The number of hydrogen-bond donors (Lipinski definition) is 2. The van der Waals surface area contributed by atoms with Crippen molar-refractivity contribution in [3.63, 3.8) is 0 Å². The molecular formula is C20H24N4O3. The predicted molar refractivity (Wildman–Crippen MR) is 104 cm³/mol. The van der Waals surface area contributed by atoms with Crippen molar-refractivity contribution in [1.82, 2.24) is 10.2 Å². The van der Waals surface area contributed by atoms with Crippen molar-refractivity contribution in [3.05, 3.63) is 54.1 Å². The molecule has 0 aliphatic rings.